The van der Waals surface area contributed by atoms with Crippen LogP contribution in [-0.2, 0) is 0 Å². The summed E-state index contributed by atoms with van der Waals surface area (Å²) in [5.74, 6) is 0.940. The van der Waals surface area contributed by atoms with Crippen LogP contribution in [0, 0.1) is 6.92 Å². The number of nitrogens with two attached hydrogens (primary N) is 1. The average Bonchev–Trinajstić information content (AvgIpc) is 2.68. The van der Waals surface area contributed by atoms with Gasteiger partial charge >= 0.3 is 0 Å². The molecule has 2 N–H and O–H groups in total. The average molecular weight is 302 g/mol. The molecule has 0 atom stereocenters. The number of hydrogen-bond acceptors (Lipinski definition) is 2. The van der Waals surface area contributed by atoms with Gasteiger partial charge in [0.1, 0.15) is 5.82 Å². The monoisotopic (exact) mass is 301 g/mol. The van der Waals surface area contributed by atoms with Crippen LogP contribution in [0.2, 0.25) is 0 Å². The summed E-state index contributed by atoms with van der Waals surface area (Å²) >= 11 is 3.44. The van der Waals surface area contributed by atoms with Crippen LogP contribution in [0.3, 0.4) is 0 Å². The zero-order valence-corrected chi connectivity index (χ0v) is 11.5. The predicted molar refractivity (Wildman–Crippen MR) is 77.5 cm³/mol. The molecule has 0 radical (unpaired) electrons. The van der Waals surface area contributed by atoms with E-state index < -0.39 is 0 Å². The lowest BCUT2D eigenvalue weighted by atomic mass is 10.1. The van der Waals surface area contributed by atoms with Crippen molar-refractivity contribution >= 4 is 27.1 Å². The van der Waals surface area contributed by atoms with Crippen LogP contribution in [-0.4, -0.2) is 9.38 Å². The number of aromatic nitrogens is 2. The van der Waals surface area contributed by atoms with Gasteiger partial charge in [-0.15, -0.1) is 0 Å². The van der Waals surface area contributed by atoms with E-state index in [-0.39, 0.29) is 0 Å². The summed E-state index contributed by atoms with van der Waals surface area (Å²) in [6.07, 6.45) is 1.90. The van der Waals surface area contributed by atoms with E-state index in [1.54, 1.807) is 0 Å². The molecule has 3 rings (SSSR count). The van der Waals surface area contributed by atoms with Gasteiger partial charge in [0.05, 0.1) is 11.2 Å². The Labute approximate surface area is 113 Å². The van der Waals surface area contributed by atoms with Gasteiger partial charge < -0.3 is 10.1 Å². The Kier molecular flexibility index (Phi) is 2.59. The Balaban J connectivity index is 2.26. The molecule has 0 unspecified atom stereocenters. The molecule has 18 heavy (non-hydrogen) atoms. The topological polar surface area (TPSA) is 43.3 Å². The number of anilines is 1. The molecule has 1 aromatic carbocycles. The maximum absolute atomic E-state index is 5.81. The molecule has 0 spiro atoms. The Bertz CT molecular complexity index is 714. The molecule has 3 aromatic rings. The summed E-state index contributed by atoms with van der Waals surface area (Å²) in [5, 5.41) is 0. The third kappa shape index (κ3) is 1.78. The molecule has 0 amide bonds. The highest BCUT2D eigenvalue weighted by molar-refractivity contribution is 9.10. The van der Waals surface area contributed by atoms with Gasteiger partial charge in [-0.05, 0) is 31.2 Å². The SMILES string of the molecule is Cc1nc(-c2ccc(Br)cc2)c2ccc(N)cn12. The number of halogens is 1. The number of fused-ring (bicyclic) bond motifs is 1. The molecule has 3 nitrogen and oxygen atoms in total. The molecule has 0 aliphatic carbocycles. The van der Waals surface area contributed by atoms with Gasteiger partial charge in [0.2, 0.25) is 0 Å². The van der Waals surface area contributed by atoms with Crippen molar-refractivity contribution in [3.63, 3.8) is 0 Å². The molecule has 2 heterocycles. The van der Waals surface area contributed by atoms with Crippen molar-refractivity contribution in [2.24, 2.45) is 0 Å². The van der Waals surface area contributed by atoms with Crippen LogP contribution in [0.25, 0.3) is 16.8 Å². The lowest BCUT2D eigenvalue weighted by Gasteiger charge is -2.00. The fourth-order valence-electron chi connectivity index (χ4n) is 2.07. The zero-order chi connectivity index (χ0) is 12.7. The maximum Gasteiger partial charge on any atom is 0.110 e. The smallest absolute Gasteiger partial charge is 0.110 e. The Hall–Kier alpha value is -1.81. The number of nitrogen functional groups attached to an aromatic ring is 1. The number of aryl methyl sites for hydroxylation is 1. The van der Waals surface area contributed by atoms with Gasteiger partial charge in [-0.2, -0.15) is 0 Å². The highest BCUT2D eigenvalue weighted by Gasteiger charge is 2.10. The van der Waals surface area contributed by atoms with E-state index >= 15 is 0 Å². The first-order chi connectivity index (χ1) is 8.65. The predicted octanol–water partition coefficient (Wildman–Crippen LogP) is 3.65. The highest BCUT2D eigenvalue weighted by Crippen LogP contribution is 2.26. The van der Waals surface area contributed by atoms with Crippen molar-refractivity contribution in [2.45, 2.75) is 6.92 Å². The highest BCUT2D eigenvalue weighted by atomic mass is 79.9. The second kappa shape index (κ2) is 4.14. The van der Waals surface area contributed by atoms with Gasteiger partial charge in [-0.3, -0.25) is 0 Å². The normalized spacial score (nSPS) is 11.0. The molecule has 90 valence electrons. The lowest BCUT2D eigenvalue weighted by molar-refractivity contribution is 1.05. The summed E-state index contributed by atoms with van der Waals surface area (Å²) in [5.41, 5.74) is 9.71. The molecule has 0 aliphatic heterocycles. The van der Waals surface area contributed by atoms with Crippen LogP contribution < -0.4 is 5.73 Å². The zero-order valence-electron chi connectivity index (χ0n) is 9.89. The van der Waals surface area contributed by atoms with Crippen molar-refractivity contribution in [3.8, 4) is 11.3 Å². The number of nitrogens with zero attached hydrogens (tertiary/aromatic N) is 2. The fraction of sp³-hybridized carbons (Fsp3) is 0.0714. The molecular weight excluding hydrogens is 290 g/mol. The Morgan fingerprint density at radius 1 is 1.11 bits per heavy atom. The van der Waals surface area contributed by atoms with Crippen LogP contribution in [0.15, 0.2) is 47.1 Å². The molecule has 0 saturated carbocycles. The summed E-state index contributed by atoms with van der Waals surface area (Å²) in [6.45, 7) is 1.98. The minimum absolute atomic E-state index is 0.741. The molecule has 4 heteroatoms. The number of pyridine rings is 1. The molecule has 2 aromatic heterocycles. The van der Waals surface area contributed by atoms with E-state index in [1.165, 1.54) is 0 Å². The quantitative estimate of drug-likeness (QED) is 0.745. The number of benzene rings is 1. The van der Waals surface area contributed by atoms with E-state index in [1.807, 2.05) is 41.8 Å². The first kappa shape index (κ1) is 11.3. The maximum atomic E-state index is 5.81. The minimum atomic E-state index is 0.741. The third-order valence-electron chi connectivity index (χ3n) is 2.95. The first-order valence-electron chi connectivity index (χ1n) is 5.65. The van der Waals surface area contributed by atoms with E-state index in [9.17, 15) is 0 Å². The number of rotatable bonds is 1. The fourth-order valence-corrected chi connectivity index (χ4v) is 2.34. The summed E-state index contributed by atoms with van der Waals surface area (Å²) < 4.78 is 3.09. The summed E-state index contributed by atoms with van der Waals surface area (Å²) in [4.78, 5) is 4.62. The second-order valence-electron chi connectivity index (χ2n) is 4.23. The van der Waals surface area contributed by atoms with Gasteiger partial charge in [-0.1, -0.05) is 28.1 Å². The van der Waals surface area contributed by atoms with Crippen molar-refractivity contribution in [1.82, 2.24) is 9.38 Å². The van der Waals surface area contributed by atoms with E-state index in [4.69, 9.17) is 5.73 Å². The van der Waals surface area contributed by atoms with Crippen LogP contribution in [0.4, 0.5) is 5.69 Å². The van der Waals surface area contributed by atoms with Crippen molar-refractivity contribution < 1.29 is 0 Å². The van der Waals surface area contributed by atoms with Gasteiger partial charge in [0.15, 0.2) is 0 Å². The number of imidazole rings is 1. The second-order valence-corrected chi connectivity index (χ2v) is 5.15. The van der Waals surface area contributed by atoms with E-state index in [0.29, 0.717) is 0 Å². The number of hydrogen-bond donors (Lipinski definition) is 1. The molecule has 0 saturated heterocycles. The third-order valence-corrected chi connectivity index (χ3v) is 3.48. The van der Waals surface area contributed by atoms with E-state index in [2.05, 4.69) is 33.0 Å². The Morgan fingerprint density at radius 3 is 2.56 bits per heavy atom. The molecular formula is C14H12BrN3. The van der Waals surface area contributed by atoms with Crippen LogP contribution in [0.5, 0.6) is 0 Å². The van der Waals surface area contributed by atoms with Crippen molar-refractivity contribution in [1.29, 1.82) is 0 Å². The van der Waals surface area contributed by atoms with E-state index in [0.717, 1.165) is 32.8 Å². The molecule has 0 bridgehead atoms. The molecule has 0 aliphatic rings. The van der Waals surface area contributed by atoms with Gasteiger partial charge in [0.25, 0.3) is 0 Å². The van der Waals surface area contributed by atoms with Gasteiger partial charge in [-0.25, -0.2) is 4.98 Å². The Morgan fingerprint density at radius 2 is 1.83 bits per heavy atom. The molecule has 0 fully saturated rings. The van der Waals surface area contributed by atoms with Crippen molar-refractivity contribution in [2.75, 3.05) is 5.73 Å². The first-order valence-corrected chi connectivity index (χ1v) is 6.44. The van der Waals surface area contributed by atoms with Crippen LogP contribution in [0.1, 0.15) is 5.82 Å². The summed E-state index contributed by atoms with van der Waals surface area (Å²) in [7, 11) is 0. The standard InChI is InChI=1S/C14H12BrN3/c1-9-17-14(10-2-4-11(15)5-3-10)13-7-6-12(16)8-18(9)13/h2-8H,16H2,1H3. The van der Waals surface area contributed by atoms with Gasteiger partial charge in [0, 0.05) is 21.9 Å². The largest absolute Gasteiger partial charge is 0.398 e. The summed E-state index contributed by atoms with van der Waals surface area (Å²) in [6, 6.07) is 12.1. The minimum Gasteiger partial charge on any atom is -0.398 e. The van der Waals surface area contributed by atoms with Crippen molar-refractivity contribution in [3.05, 3.63) is 52.9 Å². The van der Waals surface area contributed by atoms with Crippen LogP contribution >= 0.6 is 15.9 Å². The lowest BCUT2D eigenvalue weighted by Crippen LogP contribution is -1.91.